The van der Waals surface area contributed by atoms with Crippen LogP contribution < -0.4 is 15.6 Å². The van der Waals surface area contributed by atoms with Gasteiger partial charge in [0.2, 0.25) is 17.6 Å². The molecule has 0 unspecified atom stereocenters. The monoisotopic (exact) mass is 440 g/mol. The summed E-state index contributed by atoms with van der Waals surface area (Å²) in [7, 11) is 0. The number of aromatic nitrogens is 3. The van der Waals surface area contributed by atoms with Crippen molar-refractivity contribution in [3.63, 3.8) is 0 Å². The molecule has 0 saturated heterocycles. The van der Waals surface area contributed by atoms with Gasteiger partial charge in [-0.15, -0.1) is 0 Å². The predicted molar refractivity (Wildman–Crippen MR) is 102 cm³/mol. The molecule has 0 atom stereocenters. The lowest BCUT2D eigenvalue weighted by Gasteiger charge is -2.17. The van der Waals surface area contributed by atoms with Gasteiger partial charge in [-0.1, -0.05) is 6.07 Å². The van der Waals surface area contributed by atoms with Crippen LogP contribution in [0, 0.1) is 38.2 Å². The summed E-state index contributed by atoms with van der Waals surface area (Å²) >= 11 is 0. The Morgan fingerprint density at radius 3 is 2.39 bits per heavy atom. The van der Waals surface area contributed by atoms with Gasteiger partial charge in [-0.3, -0.25) is 4.79 Å². The molecule has 0 saturated carbocycles. The summed E-state index contributed by atoms with van der Waals surface area (Å²) in [5, 5.41) is 2.80. The Balaban J connectivity index is 2.00. The molecule has 11 heteroatoms. The summed E-state index contributed by atoms with van der Waals surface area (Å²) in [6, 6.07) is 3.78. The second kappa shape index (κ2) is 8.70. The first-order valence-corrected chi connectivity index (χ1v) is 8.96. The third-order valence-corrected chi connectivity index (χ3v) is 4.38. The Morgan fingerprint density at radius 1 is 1.03 bits per heavy atom. The number of anilines is 2. The van der Waals surface area contributed by atoms with Crippen molar-refractivity contribution >= 4 is 11.6 Å². The Labute approximate surface area is 173 Å². The van der Waals surface area contributed by atoms with E-state index in [1.165, 1.54) is 37.5 Å². The molecular weight excluding hydrogens is 423 g/mol. The van der Waals surface area contributed by atoms with E-state index in [9.17, 15) is 26.7 Å². The average Bonchev–Trinajstić information content (AvgIpc) is 2.67. The standard InChI is InChI=1S/C20H17F5N4O2/c1-9-4-12(6-13(21)16(9)23)7-29-8-14(22)17(30)28-20(29)27-15-5-10(2)18(26-11(15)3)31-19(24)25/h4-6,8,19H,7H2,1-3H3,(H,27,28,30). The number of hydrogen-bond donors (Lipinski definition) is 1. The quantitative estimate of drug-likeness (QED) is 0.577. The lowest BCUT2D eigenvalue weighted by Crippen LogP contribution is -2.20. The molecule has 0 fully saturated rings. The zero-order valence-corrected chi connectivity index (χ0v) is 16.6. The normalized spacial score (nSPS) is 11.1. The van der Waals surface area contributed by atoms with Gasteiger partial charge in [0.05, 0.1) is 17.9 Å². The molecule has 2 aromatic heterocycles. The van der Waals surface area contributed by atoms with Crippen LogP contribution in [0.2, 0.25) is 0 Å². The molecule has 164 valence electrons. The van der Waals surface area contributed by atoms with Crippen molar-refractivity contribution in [1.29, 1.82) is 0 Å². The highest BCUT2D eigenvalue weighted by atomic mass is 19.3. The first kappa shape index (κ1) is 22.2. The fraction of sp³-hybridized carbons (Fsp3) is 0.250. The van der Waals surface area contributed by atoms with Crippen LogP contribution in [0.15, 0.2) is 29.2 Å². The molecule has 1 N–H and O–H groups in total. The molecule has 0 aliphatic heterocycles. The minimum atomic E-state index is -3.05. The third kappa shape index (κ3) is 4.98. The highest BCUT2D eigenvalue weighted by Gasteiger charge is 2.16. The molecule has 3 aromatic rings. The van der Waals surface area contributed by atoms with Crippen LogP contribution in [0.25, 0.3) is 0 Å². The van der Waals surface area contributed by atoms with Crippen molar-refractivity contribution in [3.8, 4) is 5.88 Å². The zero-order chi connectivity index (χ0) is 22.9. The minimum absolute atomic E-state index is 0.0595. The highest BCUT2D eigenvalue weighted by molar-refractivity contribution is 5.59. The molecule has 3 rings (SSSR count). The van der Waals surface area contributed by atoms with E-state index in [0.29, 0.717) is 11.3 Å². The van der Waals surface area contributed by atoms with Crippen LogP contribution in [-0.2, 0) is 6.54 Å². The van der Waals surface area contributed by atoms with Crippen LogP contribution in [-0.4, -0.2) is 21.1 Å². The number of aryl methyl sites for hydroxylation is 3. The average molecular weight is 440 g/mol. The lowest BCUT2D eigenvalue weighted by atomic mass is 10.1. The van der Waals surface area contributed by atoms with Gasteiger partial charge in [-0.25, -0.2) is 13.8 Å². The molecule has 6 nitrogen and oxygen atoms in total. The maximum absolute atomic E-state index is 13.9. The topological polar surface area (TPSA) is 69.0 Å². The number of nitrogens with one attached hydrogen (secondary N) is 1. The number of nitrogens with zero attached hydrogens (tertiary/aromatic N) is 3. The number of ether oxygens (including phenoxy) is 1. The Kier molecular flexibility index (Phi) is 6.23. The van der Waals surface area contributed by atoms with Crippen LogP contribution in [0.1, 0.15) is 22.4 Å². The molecule has 0 aliphatic carbocycles. The third-order valence-electron chi connectivity index (χ3n) is 4.38. The second-order valence-corrected chi connectivity index (χ2v) is 6.80. The maximum Gasteiger partial charge on any atom is 0.388 e. The van der Waals surface area contributed by atoms with Gasteiger partial charge in [-0.05, 0) is 44.0 Å². The summed E-state index contributed by atoms with van der Waals surface area (Å²) in [4.78, 5) is 19.3. The van der Waals surface area contributed by atoms with Crippen molar-refractivity contribution < 1.29 is 26.7 Å². The molecular formula is C20H17F5N4O2. The van der Waals surface area contributed by atoms with Crippen LogP contribution in [0.4, 0.5) is 33.6 Å². The van der Waals surface area contributed by atoms with Crippen LogP contribution in [0.3, 0.4) is 0 Å². The Bertz CT molecular complexity index is 1170. The smallest absolute Gasteiger partial charge is 0.388 e. The van der Waals surface area contributed by atoms with Gasteiger partial charge >= 0.3 is 12.2 Å². The number of hydrogen-bond acceptors (Lipinski definition) is 5. The number of alkyl halides is 2. The number of halogens is 5. The van der Waals surface area contributed by atoms with E-state index in [0.717, 1.165) is 12.3 Å². The Hall–Kier alpha value is -3.50. The molecule has 1 aromatic carbocycles. The second-order valence-electron chi connectivity index (χ2n) is 6.80. The molecule has 0 bridgehead atoms. The van der Waals surface area contributed by atoms with Crippen molar-refractivity contribution in [2.24, 2.45) is 0 Å². The van der Waals surface area contributed by atoms with Gasteiger partial charge in [0, 0.05) is 11.8 Å². The van der Waals surface area contributed by atoms with E-state index < -0.39 is 29.6 Å². The fourth-order valence-electron chi connectivity index (χ4n) is 2.91. The highest BCUT2D eigenvalue weighted by Crippen LogP contribution is 2.26. The van der Waals surface area contributed by atoms with E-state index in [4.69, 9.17) is 0 Å². The molecule has 0 spiro atoms. The minimum Gasteiger partial charge on any atom is -0.417 e. The molecule has 2 heterocycles. The number of pyridine rings is 1. The SMILES string of the molecule is Cc1cc(Nc2nc(=O)c(F)cn2Cc2cc(C)c(F)c(F)c2)c(C)nc1OC(F)F. The summed E-state index contributed by atoms with van der Waals surface area (Å²) < 4.78 is 71.7. The van der Waals surface area contributed by atoms with Crippen molar-refractivity contribution in [3.05, 3.63) is 74.6 Å². The largest absolute Gasteiger partial charge is 0.417 e. The summed E-state index contributed by atoms with van der Waals surface area (Å²) in [5.74, 6) is -3.57. The molecule has 0 radical (unpaired) electrons. The fourth-order valence-corrected chi connectivity index (χ4v) is 2.91. The van der Waals surface area contributed by atoms with E-state index >= 15 is 0 Å². The summed E-state index contributed by atoms with van der Waals surface area (Å²) in [6.07, 6.45) is 0.873. The molecule has 0 amide bonds. The van der Waals surface area contributed by atoms with Crippen molar-refractivity contribution in [1.82, 2.24) is 14.5 Å². The first-order chi connectivity index (χ1) is 14.5. The summed E-state index contributed by atoms with van der Waals surface area (Å²) in [5.41, 5.74) is 0.0454. The van der Waals surface area contributed by atoms with E-state index in [-0.39, 0.29) is 35.2 Å². The zero-order valence-electron chi connectivity index (χ0n) is 16.6. The van der Waals surface area contributed by atoms with Gasteiger partial charge in [0.1, 0.15) is 0 Å². The molecule has 0 aliphatic rings. The molecule has 31 heavy (non-hydrogen) atoms. The van der Waals surface area contributed by atoms with Gasteiger partial charge in [0.15, 0.2) is 11.6 Å². The van der Waals surface area contributed by atoms with Crippen molar-refractivity contribution in [2.75, 3.05) is 5.32 Å². The van der Waals surface area contributed by atoms with Crippen LogP contribution in [0.5, 0.6) is 5.88 Å². The van der Waals surface area contributed by atoms with E-state index in [2.05, 4.69) is 20.0 Å². The van der Waals surface area contributed by atoms with E-state index in [1.54, 1.807) is 0 Å². The number of rotatable bonds is 6. The predicted octanol–water partition coefficient (Wildman–Crippen LogP) is 4.37. The van der Waals surface area contributed by atoms with Crippen molar-refractivity contribution in [2.45, 2.75) is 33.9 Å². The summed E-state index contributed by atoms with van der Waals surface area (Å²) in [6.45, 7) is 1.19. The Morgan fingerprint density at radius 2 is 1.74 bits per heavy atom. The van der Waals surface area contributed by atoms with Gasteiger partial charge < -0.3 is 14.6 Å². The maximum atomic E-state index is 13.9. The van der Waals surface area contributed by atoms with Crippen LogP contribution >= 0.6 is 0 Å². The number of benzene rings is 1. The van der Waals surface area contributed by atoms with E-state index in [1.807, 2.05) is 0 Å². The van der Waals surface area contributed by atoms with Gasteiger partial charge in [-0.2, -0.15) is 18.2 Å². The van der Waals surface area contributed by atoms with Gasteiger partial charge in [0.25, 0.3) is 0 Å². The first-order valence-electron chi connectivity index (χ1n) is 8.96. The lowest BCUT2D eigenvalue weighted by molar-refractivity contribution is -0.0533.